The molecule has 3 fully saturated rings. The summed E-state index contributed by atoms with van der Waals surface area (Å²) in [4.78, 5) is 11.7. The summed E-state index contributed by atoms with van der Waals surface area (Å²) in [6, 6.07) is 0. The van der Waals surface area contributed by atoms with E-state index in [0.29, 0.717) is 29.4 Å². The maximum atomic E-state index is 11.7. The van der Waals surface area contributed by atoms with Gasteiger partial charge in [-0.15, -0.1) is 0 Å². The minimum Gasteiger partial charge on any atom is -0.423 e. The SMILES string of the molecule is C=C1C2CC2C2(C)C1CC1=C(C)C(=O)OC1(O)C2O. The van der Waals surface area contributed by atoms with E-state index < -0.39 is 23.3 Å². The monoisotopic (exact) mass is 262 g/mol. The predicted molar refractivity (Wildman–Crippen MR) is 66.7 cm³/mol. The predicted octanol–water partition coefficient (Wildman–Crippen LogP) is 1.14. The molecule has 3 aliphatic carbocycles. The summed E-state index contributed by atoms with van der Waals surface area (Å²) in [5, 5.41) is 21.4. The van der Waals surface area contributed by atoms with Crippen molar-refractivity contribution in [2.75, 3.05) is 0 Å². The Hall–Kier alpha value is -1.13. The molecule has 0 spiro atoms. The van der Waals surface area contributed by atoms with Crippen molar-refractivity contribution in [1.29, 1.82) is 0 Å². The van der Waals surface area contributed by atoms with Gasteiger partial charge in [-0.2, -0.15) is 0 Å². The lowest BCUT2D eigenvalue weighted by molar-refractivity contribution is -0.256. The van der Waals surface area contributed by atoms with Gasteiger partial charge in [0.15, 0.2) is 0 Å². The molecule has 0 aromatic carbocycles. The molecule has 3 saturated carbocycles. The van der Waals surface area contributed by atoms with Crippen molar-refractivity contribution >= 4 is 5.97 Å². The molecular formula is C15H18O4. The molecule has 2 N–H and O–H groups in total. The number of esters is 1. The zero-order chi connectivity index (χ0) is 13.7. The van der Waals surface area contributed by atoms with Crippen LogP contribution < -0.4 is 0 Å². The number of rotatable bonds is 0. The smallest absolute Gasteiger partial charge is 0.336 e. The van der Waals surface area contributed by atoms with Gasteiger partial charge in [-0.1, -0.05) is 19.1 Å². The molecule has 4 nitrogen and oxygen atoms in total. The lowest BCUT2D eigenvalue weighted by Crippen LogP contribution is -2.59. The lowest BCUT2D eigenvalue weighted by atomic mass is 9.60. The van der Waals surface area contributed by atoms with E-state index in [4.69, 9.17) is 4.74 Å². The lowest BCUT2D eigenvalue weighted by Gasteiger charge is -2.49. The fraction of sp³-hybridized carbons (Fsp3) is 0.667. The molecule has 0 radical (unpaired) electrons. The summed E-state index contributed by atoms with van der Waals surface area (Å²) >= 11 is 0. The Balaban J connectivity index is 1.88. The van der Waals surface area contributed by atoms with Gasteiger partial charge in [0.2, 0.25) is 0 Å². The van der Waals surface area contributed by atoms with Crippen LogP contribution in [0.4, 0.5) is 0 Å². The van der Waals surface area contributed by atoms with Crippen LogP contribution >= 0.6 is 0 Å². The van der Waals surface area contributed by atoms with Crippen molar-refractivity contribution in [3.8, 4) is 0 Å². The molecule has 0 amide bonds. The van der Waals surface area contributed by atoms with Gasteiger partial charge in [0.25, 0.3) is 5.79 Å². The van der Waals surface area contributed by atoms with Gasteiger partial charge >= 0.3 is 5.97 Å². The third-order valence-electron chi connectivity index (χ3n) is 6.07. The maximum Gasteiger partial charge on any atom is 0.336 e. The number of fused-ring (bicyclic) bond motifs is 4. The van der Waals surface area contributed by atoms with Gasteiger partial charge in [-0.25, -0.2) is 4.79 Å². The molecule has 6 atom stereocenters. The molecule has 4 aliphatic rings. The highest BCUT2D eigenvalue weighted by atomic mass is 16.7. The first-order valence-corrected chi connectivity index (χ1v) is 6.84. The van der Waals surface area contributed by atoms with Crippen molar-refractivity contribution in [2.24, 2.45) is 23.2 Å². The number of allylic oxidation sites excluding steroid dienone is 1. The van der Waals surface area contributed by atoms with Crippen LogP contribution in [0.25, 0.3) is 0 Å². The Morgan fingerprint density at radius 2 is 2.16 bits per heavy atom. The summed E-state index contributed by atoms with van der Waals surface area (Å²) in [5.41, 5.74) is 1.74. The number of ether oxygens (including phenoxy) is 1. The van der Waals surface area contributed by atoms with Gasteiger partial charge in [-0.05, 0) is 37.5 Å². The van der Waals surface area contributed by atoms with E-state index in [9.17, 15) is 15.0 Å². The molecule has 6 unspecified atom stereocenters. The maximum absolute atomic E-state index is 11.7. The highest BCUT2D eigenvalue weighted by Gasteiger charge is 2.73. The number of carbonyl (C=O) groups is 1. The van der Waals surface area contributed by atoms with Crippen molar-refractivity contribution < 1.29 is 19.7 Å². The van der Waals surface area contributed by atoms with E-state index in [1.807, 2.05) is 6.92 Å². The Bertz CT molecular complexity index is 562. The first-order valence-electron chi connectivity index (χ1n) is 6.84. The highest BCUT2D eigenvalue weighted by molar-refractivity contribution is 5.92. The Kier molecular flexibility index (Phi) is 1.82. The summed E-state index contributed by atoms with van der Waals surface area (Å²) < 4.78 is 5.12. The zero-order valence-electron chi connectivity index (χ0n) is 11.1. The van der Waals surface area contributed by atoms with Crippen LogP contribution in [0.2, 0.25) is 0 Å². The van der Waals surface area contributed by atoms with Crippen LogP contribution in [0.1, 0.15) is 26.7 Å². The van der Waals surface area contributed by atoms with E-state index in [-0.39, 0.29) is 5.92 Å². The summed E-state index contributed by atoms with van der Waals surface area (Å²) in [5.74, 6) is -1.35. The summed E-state index contributed by atoms with van der Waals surface area (Å²) in [7, 11) is 0. The second kappa shape index (κ2) is 2.96. The molecule has 19 heavy (non-hydrogen) atoms. The number of carbonyl (C=O) groups excluding carboxylic acids is 1. The standard InChI is InChI=1S/C15H18O4/c1-6-8-4-11(8)14(3)9(6)5-10-7(2)12(16)19-15(10,18)13(14)17/h8-9,11,13,17-18H,1,4-5H2,2-3H3. The summed E-state index contributed by atoms with van der Waals surface area (Å²) in [6.45, 7) is 7.84. The number of aliphatic hydroxyl groups is 2. The first-order chi connectivity index (χ1) is 8.81. The fourth-order valence-electron chi connectivity index (χ4n) is 4.77. The van der Waals surface area contributed by atoms with E-state index in [2.05, 4.69) is 6.58 Å². The van der Waals surface area contributed by atoms with Crippen LogP contribution in [-0.4, -0.2) is 28.1 Å². The molecule has 1 aliphatic heterocycles. The van der Waals surface area contributed by atoms with Crippen LogP contribution in [-0.2, 0) is 9.53 Å². The quantitative estimate of drug-likeness (QED) is 0.507. The molecule has 0 saturated heterocycles. The van der Waals surface area contributed by atoms with Gasteiger partial charge in [0.05, 0.1) is 0 Å². The Morgan fingerprint density at radius 3 is 2.84 bits per heavy atom. The number of hydrogen-bond acceptors (Lipinski definition) is 4. The van der Waals surface area contributed by atoms with Crippen molar-refractivity contribution in [1.82, 2.24) is 0 Å². The van der Waals surface area contributed by atoms with Gasteiger partial charge in [0, 0.05) is 16.6 Å². The topological polar surface area (TPSA) is 66.8 Å². The normalized spacial score (nSPS) is 54.7. The molecule has 0 bridgehead atoms. The zero-order valence-corrected chi connectivity index (χ0v) is 11.1. The first kappa shape index (κ1) is 11.7. The molecule has 4 rings (SSSR count). The van der Waals surface area contributed by atoms with Crippen molar-refractivity contribution in [3.63, 3.8) is 0 Å². The van der Waals surface area contributed by atoms with Crippen LogP contribution in [0.15, 0.2) is 23.3 Å². The van der Waals surface area contributed by atoms with Crippen LogP contribution in [0, 0.1) is 23.2 Å². The van der Waals surface area contributed by atoms with Crippen LogP contribution in [0.5, 0.6) is 0 Å². The molecular weight excluding hydrogens is 244 g/mol. The largest absolute Gasteiger partial charge is 0.423 e. The minimum absolute atomic E-state index is 0.144. The van der Waals surface area contributed by atoms with E-state index in [0.717, 1.165) is 6.42 Å². The third-order valence-corrected chi connectivity index (χ3v) is 6.07. The molecule has 102 valence electrons. The second-order valence-electron chi connectivity index (χ2n) is 6.74. The van der Waals surface area contributed by atoms with Gasteiger partial charge in [-0.3, -0.25) is 0 Å². The van der Waals surface area contributed by atoms with E-state index in [1.165, 1.54) is 5.57 Å². The molecule has 1 heterocycles. The van der Waals surface area contributed by atoms with Gasteiger partial charge in [0.1, 0.15) is 6.10 Å². The molecule has 4 heteroatoms. The minimum atomic E-state index is -1.82. The number of hydrogen-bond donors (Lipinski definition) is 2. The summed E-state index contributed by atoms with van der Waals surface area (Å²) in [6.07, 6.45) is 0.544. The molecule has 0 aromatic heterocycles. The average Bonchev–Trinajstić information content (AvgIpc) is 3.07. The highest BCUT2D eigenvalue weighted by Crippen LogP contribution is 2.73. The van der Waals surface area contributed by atoms with Crippen molar-refractivity contribution in [3.05, 3.63) is 23.3 Å². The fourth-order valence-corrected chi connectivity index (χ4v) is 4.77. The molecule has 0 aromatic rings. The Morgan fingerprint density at radius 1 is 1.47 bits per heavy atom. The van der Waals surface area contributed by atoms with E-state index >= 15 is 0 Å². The average molecular weight is 262 g/mol. The second-order valence-corrected chi connectivity index (χ2v) is 6.74. The van der Waals surface area contributed by atoms with E-state index in [1.54, 1.807) is 6.92 Å². The van der Waals surface area contributed by atoms with Crippen molar-refractivity contribution in [2.45, 2.75) is 38.6 Å². The van der Waals surface area contributed by atoms with Gasteiger partial charge < -0.3 is 14.9 Å². The Labute approximate surface area is 111 Å². The third kappa shape index (κ3) is 1.04. The number of aliphatic hydroxyl groups excluding tert-OH is 1. The van der Waals surface area contributed by atoms with Crippen LogP contribution in [0.3, 0.4) is 0 Å².